The van der Waals surface area contributed by atoms with Gasteiger partial charge < -0.3 is 0 Å². The fourth-order valence-corrected chi connectivity index (χ4v) is 2.88. The molecule has 3 aromatic carbocycles. The first-order valence-electron chi connectivity index (χ1n) is 8.29. The van der Waals surface area contributed by atoms with E-state index in [2.05, 4.69) is 9.97 Å². The number of para-hydroxylation sites is 2. The molecule has 8 heteroatoms. The quantitative estimate of drug-likeness (QED) is 0.376. The zero-order valence-electron chi connectivity index (χ0n) is 14.4. The average molecular weight is 372 g/mol. The second-order valence-corrected chi connectivity index (χ2v) is 6.02. The van der Waals surface area contributed by atoms with Gasteiger partial charge in [0.1, 0.15) is 0 Å². The predicted octanol–water partition coefficient (Wildman–Crippen LogP) is 4.78. The molecule has 0 atom stereocenters. The third kappa shape index (κ3) is 3.14. The summed E-state index contributed by atoms with van der Waals surface area (Å²) in [5, 5.41) is 21.8. The van der Waals surface area contributed by atoms with Gasteiger partial charge in [0.15, 0.2) is 0 Å². The monoisotopic (exact) mass is 372 g/mol. The molecule has 0 fully saturated rings. The Balaban J connectivity index is 1.91. The number of hydrogen-bond acceptors (Lipinski definition) is 6. The van der Waals surface area contributed by atoms with E-state index >= 15 is 0 Å². The normalized spacial score (nSPS) is 10.7. The molecular formula is C20H12N4O4. The van der Waals surface area contributed by atoms with Crippen molar-refractivity contribution in [3.05, 3.63) is 93.0 Å². The number of nitrogens with zero attached hydrogens (tertiary/aromatic N) is 4. The highest BCUT2D eigenvalue weighted by molar-refractivity contribution is 5.86. The van der Waals surface area contributed by atoms with Gasteiger partial charge in [-0.1, -0.05) is 12.1 Å². The van der Waals surface area contributed by atoms with Crippen molar-refractivity contribution in [2.45, 2.75) is 0 Å². The molecule has 0 saturated carbocycles. The molecule has 0 spiro atoms. The lowest BCUT2D eigenvalue weighted by Gasteiger charge is -2.10. The molecule has 0 unspecified atom stereocenters. The average Bonchev–Trinajstić information content (AvgIpc) is 2.73. The van der Waals surface area contributed by atoms with Crippen molar-refractivity contribution in [2.24, 2.45) is 0 Å². The van der Waals surface area contributed by atoms with Crippen LogP contribution in [0.2, 0.25) is 0 Å². The molecule has 0 bridgehead atoms. The molecule has 1 aromatic heterocycles. The number of hydrogen-bond donors (Lipinski definition) is 0. The molecule has 136 valence electrons. The molecule has 0 amide bonds. The van der Waals surface area contributed by atoms with Gasteiger partial charge in [-0.05, 0) is 36.4 Å². The van der Waals surface area contributed by atoms with Crippen LogP contribution in [0.3, 0.4) is 0 Å². The van der Waals surface area contributed by atoms with Gasteiger partial charge >= 0.3 is 0 Å². The maximum Gasteiger partial charge on any atom is 0.269 e. The smallest absolute Gasteiger partial charge is 0.258 e. The minimum Gasteiger partial charge on any atom is -0.258 e. The van der Waals surface area contributed by atoms with E-state index < -0.39 is 9.85 Å². The van der Waals surface area contributed by atoms with Crippen molar-refractivity contribution in [3.8, 4) is 22.5 Å². The van der Waals surface area contributed by atoms with Gasteiger partial charge in [0, 0.05) is 35.4 Å². The van der Waals surface area contributed by atoms with Gasteiger partial charge in [0.25, 0.3) is 11.4 Å². The summed E-state index contributed by atoms with van der Waals surface area (Å²) in [7, 11) is 0. The third-order valence-corrected chi connectivity index (χ3v) is 4.27. The number of fused-ring (bicyclic) bond motifs is 1. The summed E-state index contributed by atoms with van der Waals surface area (Å²) >= 11 is 0. The SMILES string of the molecule is O=[N+]([O-])c1ccc(-c2nc3ccccc3nc2-c2ccc([N+](=O)[O-])cc2)cc1. The number of rotatable bonds is 4. The van der Waals surface area contributed by atoms with Gasteiger partial charge in [-0.2, -0.15) is 0 Å². The summed E-state index contributed by atoms with van der Waals surface area (Å²) in [5.74, 6) is 0. The van der Waals surface area contributed by atoms with Crippen LogP contribution in [0, 0.1) is 20.2 Å². The Morgan fingerprint density at radius 3 is 1.25 bits per heavy atom. The number of nitro benzene ring substituents is 2. The van der Waals surface area contributed by atoms with Gasteiger partial charge in [-0.25, -0.2) is 9.97 Å². The van der Waals surface area contributed by atoms with Crippen LogP contribution in [0.4, 0.5) is 11.4 Å². The summed E-state index contributed by atoms with van der Waals surface area (Å²) in [6.07, 6.45) is 0. The van der Waals surface area contributed by atoms with E-state index in [-0.39, 0.29) is 11.4 Å². The first-order valence-corrected chi connectivity index (χ1v) is 8.29. The van der Waals surface area contributed by atoms with Crippen molar-refractivity contribution in [3.63, 3.8) is 0 Å². The van der Waals surface area contributed by atoms with Crippen LogP contribution < -0.4 is 0 Å². The van der Waals surface area contributed by atoms with Crippen LogP contribution in [0.15, 0.2) is 72.8 Å². The maximum absolute atomic E-state index is 10.9. The summed E-state index contributed by atoms with van der Waals surface area (Å²) < 4.78 is 0. The lowest BCUT2D eigenvalue weighted by atomic mass is 10.0. The molecule has 0 radical (unpaired) electrons. The Labute approximate surface area is 158 Å². The van der Waals surface area contributed by atoms with Gasteiger partial charge in [-0.15, -0.1) is 0 Å². The van der Waals surface area contributed by atoms with Crippen LogP contribution in [-0.4, -0.2) is 19.8 Å². The van der Waals surface area contributed by atoms with E-state index in [0.29, 0.717) is 33.5 Å². The summed E-state index contributed by atoms with van der Waals surface area (Å²) in [5.41, 5.74) is 3.74. The zero-order chi connectivity index (χ0) is 19.7. The minimum absolute atomic E-state index is 0.0191. The highest BCUT2D eigenvalue weighted by Crippen LogP contribution is 2.32. The van der Waals surface area contributed by atoms with E-state index in [1.165, 1.54) is 24.3 Å². The molecule has 0 aliphatic rings. The molecule has 0 saturated heterocycles. The largest absolute Gasteiger partial charge is 0.269 e. The molecule has 8 nitrogen and oxygen atoms in total. The van der Waals surface area contributed by atoms with Crippen molar-refractivity contribution < 1.29 is 9.85 Å². The Morgan fingerprint density at radius 1 is 0.571 bits per heavy atom. The van der Waals surface area contributed by atoms with Crippen molar-refractivity contribution in [1.29, 1.82) is 0 Å². The zero-order valence-corrected chi connectivity index (χ0v) is 14.4. The standard InChI is InChI=1S/C20H12N4O4/c25-23(26)15-9-5-13(6-10-15)19-20(14-7-11-16(12-8-14)24(27)28)22-18-4-2-1-3-17(18)21-19/h1-12H. The van der Waals surface area contributed by atoms with Crippen LogP contribution in [0.25, 0.3) is 33.5 Å². The Kier molecular flexibility index (Phi) is 4.21. The van der Waals surface area contributed by atoms with Crippen LogP contribution >= 0.6 is 0 Å². The summed E-state index contributed by atoms with van der Waals surface area (Å²) in [6, 6.07) is 19.5. The van der Waals surface area contributed by atoms with E-state index in [4.69, 9.17) is 0 Å². The van der Waals surface area contributed by atoms with E-state index in [0.717, 1.165) is 0 Å². The molecular weight excluding hydrogens is 360 g/mol. The number of non-ortho nitro benzene ring substituents is 2. The number of aromatic nitrogens is 2. The lowest BCUT2D eigenvalue weighted by Crippen LogP contribution is -1.96. The Hall–Kier alpha value is -4.20. The highest BCUT2D eigenvalue weighted by atomic mass is 16.6. The van der Waals surface area contributed by atoms with E-state index in [9.17, 15) is 20.2 Å². The molecule has 1 heterocycles. The van der Waals surface area contributed by atoms with Crippen LogP contribution in [0.5, 0.6) is 0 Å². The van der Waals surface area contributed by atoms with Crippen molar-refractivity contribution in [2.75, 3.05) is 0 Å². The predicted molar refractivity (Wildman–Crippen MR) is 104 cm³/mol. The fraction of sp³-hybridized carbons (Fsp3) is 0. The van der Waals surface area contributed by atoms with Gasteiger partial charge in [-0.3, -0.25) is 20.2 Å². The Bertz CT molecular complexity index is 1110. The molecule has 0 aliphatic heterocycles. The van der Waals surface area contributed by atoms with Gasteiger partial charge in [0.2, 0.25) is 0 Å². The molecule has 28 heavy (non-hydrogen) atoms. The summed E-state index contributed by atoms with van der Waals surface area (Å²) in [4.78, 5) is 30.3. The molecule has 4 rings (SSSR count). The van der Waals surface area contributed by atoms with E-state index in [1.54, 1.807) is 24.3 Å². The first-order chi connectivity index (χ1) is 13.5. The first kappa shape index (κ1) is 17.2. The number of nitro groups is 2. The maximum atomic E-state index is 10.9. The third-order valence-electron chi connectivity index (χ3n) is 4.27. The second kappa shape index (κ2) is 6.84. The van der Waals surface area contributed by atoms with Crippen molar-refractivity contribution in [1.82, 2.24) is 9.97 Å². The second-order valence-electron chi connectivity index (χ2n) is 6.02. The van der Waals surface area contributed by atoms with E-state index in [1.807, 2.05) is 24.3 Å². The topological polar surface area (TPSA) is 112 Å². The van der Waals surface area contributed by atoms with Crippen molar-refractivity contribution >= 4 is 22.4 Å². The molecule has 0 N–H and O–H groups in total. The lowest BCUT2D eigenvalue weighted by molar-refractivity contribution is -0.385. The number of benzene rings is 3. The Morgan fingerprint density at radius 2 is 0.929 bits per heavy atom. The highest BCUT2D eigenvalue weighted by Gasteiger charge is 2.15. The van der Waals surface area contributed by atoms with Gasteiger partial charge in [0.05, 0.1) is 32.3 Å². The fourth-order valence-electron chi connectivity index (χ4n) is 2.88. The van der Waals surface area contributed by atoms with Crippen LogP contribution in [0.1, 0.15) is 0 Å². The summed E-state index contributed by atoms with van der Waals surface area (Å²) in [6.45, 7) is 0. The minimum atomic E-state index is -0.465. The molecule has 4 aromatic rings. The van der Waals surface area contributed by atoms with Crippen LogP contribution in [-0.2, 0) is 0 Å². The molecule has 0 aliphatic carbocycles.